The molecule has 0 aliphatic heterocycles. The van der Waals surface area contributed by atoms with E-state index in [2.05, 4.69) is 48.2 Å². The summed E-state index contributed by atoms with van der Waals surface area (Å²) in [4.78, 5) is 6.94. The van der Waals surface area contributed by atoms with Gasteiger partial charge < -0.3 is 20.0 Å². The van der Waals surface area contributed by atoms with Crippen molar-refractivity contribution >= 4 is 0 Å². The van der Waals surface area contributed by atoms with Gasteiger partial charge in [0.1, 0.15) is 0 Å². The van der Waals surface area contributed by atoms with E-state index in [0.717, 1.165) is 39.3 Å². The van der Waals surface area contributed by atoms with Crippen LogP contribution >= 0.6 is 0 Å². The molecule has 4 nitrogen and oxygen atoms in total. The van der Waals surface area contributed by atoms with Gasteiger partial charge in [0.25, 0.3) is 0 Å². The van der Waals surface area contributed by atoms with E-state index in [9.17, 15) is 0 Å². The Morgan fingerprint density at radius 2 is 1.19 bits per heavy atom. The Labute approximate surface area is 144 Å². The van der Waals surface area contributed by atoms with Gasteiger partial charge in [-0.2, -0.15) is 7.05 Å². The zero-order valence-corrected chi connectivity index (χ0v) is 15.2. The monoisotopic (exact) mass is 254 g/mol. The van der Waals surface area contributed by atoms with Gasteiger partial charge in [0.05, 0.1) is 0 Å². The zero-order valence-electron chi connectivity index (χ0n) is 12.0. The molecule has 0 N–H and O–H groups in total. The minimum absolute atomic E-state index is 0. The third-order valence-electron chi connectivity index (χ3n) is 2.37. The molecule has 0 aliphatic carbocycles. The largest absolute Gasteiger partial charge is 1.00 e. The predicted octanol–water partition coefficient (Wildman–Crippen LogP) is -2.58. The van der Waals surface area contributed by atoms with Crippen LogP contribution in [0.2, 0.25) is 0 Å². The van der Waals surface area contributed by atoms with Gasteiger partial charge in [-0.1, -0.05) is 0 Å². The van der Waals surface area contributed by atoms with Crippen LogP contribution < -0.4 is 51.4 Å². The molecule has 0 saturated carbocycles. The second-order valence-corrected chi connectivity index (χ2v) is 4.49. The van der Waals surface area contributed by atoms with Gasteiger partial charge in [-0.25, -0.2) is 0 Å². The van der Waals surface area contributed by atoms with Crippen LogP contribution in [-0.2, 0) is 0 Å². The van der Waals surface area contributed by atoms with Crippen LogP contribution in [0.15, 0.2) is 0 Å². The summed E-state index contributed by atoms with van der Waals surface area (Å²) in [7, 11) is 10.4. The Bertz CT molecular complexity index is 130. The summed E-state index contributed by atoms with van der Waals surface area (Å²) < 4.78 is 0. The summed E-state index contributed by atoms with van der Waals surface area (Å²) in [5.74, 6) is 0. The predicted molar refractivity (Wildman–Crippen MR) is 67.7 cm³/mol. The van der Waals surface area contributed by atoms with E-state index < -0.39 is 0 Å². The standard InChI is InChI=1S/C11H27N4.K/c1-12-6-7-15(10-8-13(2)3)11-9-14(4)5;/h6-11H2,1-5H3;/q-1;+1. The molecule has 92 valence electrons. The van der Waals surface area contributed by atoms with Gasteiger partial charge in [0.2, 0.25) is 0 Å². The Morgan fingerprint density at radius 1 is 0.750 bits per heavy atom. The topological polar surface area (TPSA) is 23.8 Å². The first-order chi connectivity index (χ1) is 7.06. The molecule has 16 heavy (non-hydrogen) atoms. The summed E-state index contributed by atoms with van der Waals surface area (Å²) >= 11 is 0. The third-order valence-corrected chi connectivity index (χ3v) is 2.37. The third kappa shape index (κ3) is 13.5. The van der Waals surface area contributed by atoms with Crippen molar-refractivity contribution < 1.29 is 51.4 Å². The molecule has 0 spiro atoms. The molecule has 0 radical (unpaired) electrons. The van der Waals surface area contributed by atoms with Crippen molar-refractivity contribution in [2.24, 2.45) is 0 Å². The average molecular weight is 254 g/mol. The Balaban J connectivity index is 0. The summed E-state index contributed by atoms with van der Waals surface area (Å²) in [5, 5.41) is 4.16. The van der Waals surface area contributed by atoms with E-state index in [-0.39, 0.29) is 51.4 Å². The van der Waals surface area contributed by atoms with Crippen LogP contribution in [0, 0.1) is 0 Å². The van der Waals surface area contributed by atoms with E-state index in [1.54, 1.807) is 0 Å². The molecule has 0 heterocycles. The molecule has 5 heteroatoms. The summed E-state index contributed by atoms with van der Waals surface area (Å²) in [5.41, 5.74) is 0. The van der Waals surface area contributed by atoms with Crippen LogP contribution in [0.4, 0.5) is 0 Å². The molecule has 0 atom stereocenters. The van der Waals surface area contributed by atoms with E-state index in [4.69, 9.17) is 0 Å². The summed E-state index contributed by atoms with van der Waals surface area (Å²) in [6.45, 7) is 6.54. The van der Waals surface area contributed by atoms with E-state index in [1.807, 2.05) is 7.05 Å². The molecule has 0 bridgehead atoms. The van der Waals surface area contributed by atoms with Gasteiger partial charge in [-0.05, 0) is 34.7 Å². The average Bonchev–Trinajstić information content (AvgIpc) is 2.16. The molecule has 0 rings (SSSR count). The first-order valence-corrected chi connectivity index (χ1v) is 5.63. The van der Waals surface area contributed by atoms with Crippen molar-refractivity contribution in [2.45, 2.75) is 0 Å². The fourth-order valence-corrected chi connectivity index (χ4v) is 1.26. The zero-order chi connectivity index (χ0) is 11.7. The molecule has 0 aliphatic rings. The Kier molecular flexibility index (Phi) is 16.0. The fraction of sp³-hybridized carbons (Fsp3) is 1.00. The van der Waals surface area contributed by atoms with Gasteiger partial charge in [0, 0.05) is 26.2 Å². The second-order valence-electron chi connectivity index (χ2n) is 4.49. The van der Waals surface area contributed by atoms with Crippen molar-refractivity contribution in [1.82, 2.24) is 14.7 Å². The molecule has 0 fully saturated rings. The first-order valence-electron chi connectivity index (χ1n) is 5.63. The molecule has 0 amide bonds. The SMILES string of the molecule is C[N-]CCN(CCN(C)C)CCN(C)C.[K+]. The smallest absolute Gasteiger partial charge is 0.664 e. The summed E-state index contributed by atoms with van der Waals surface area (Å²) in [6.07, 6.45) is 0. The normalized spacial score (nSPS) is 11.2. The second kappa shape index (κ2) is 12.9. The number of hydrogen-bond acceptors (Lipinski definition) is 3. The fourth-order valence-electron chi connectivity index (χ4n) is 1.26. The van der Waals surface area contributed by atoms with E-state index in [0.29, 0.717) is 0 Å². The number of rotatable bonds is 9. The molecule has 0 saturated heterocycles. The van der Waals surface area contributed by atoms with Crippen LogP contribution in [0.25, 0.3) is 5.32 Å². The molecular weight excluding hydrogens is 227 g/mol. The molecule has 0 unspecified atom stereocenters. The van der Waals surface area contributed by atoms with E-state index in [1.165, 1.54) is 0 Å². The van der Waals surface area contributed by atoms with Crippen molar-refractivity contribution in [1.29, 1.82) is 0 Å². The van der Waals surface area contributed by atoms with Crippen molar-refractivity contribution in [3.8, 4) is 0 Å². The Morgan fingerprint density at radius 3 is 1.50 bits per heavy atom. The number of hydrogen-bond donors (Lipinski definition) is 0. The van der Waals surface area contributed by atoms with Gasteiger partial charge in [0.15, 0.2) is 0 Å². The minimum Gasteiger partial charge on any atom is -0.664 e. The maximum Gasteiger partial charge on any atom is 1.00 e. The van der Waals surface area contributed by atoms with Crippen LogP contribution in [0.1, 0.15) is 0 Å². The Hall–Kier alpha value is 1.48. The molecule has 0 aromatic heterocycles. The quantitative estimate of drug-likeness (QED) is 0.422. The molecule has 0 aromatic rings. The van der Waals surface area contributed by atoms with Gasteiger partial charge in [-0.15, -0.1) is 6.54 Å². The van der Waals surface area contributed by atoms with E-state index >= 15 is 0 Å². The van der Waals surface area contributed by atoms with Crippen molar-refractivity contribution in [3.63, 3.8) is 0 Å². The first kappa shape index (κ1) is 19.8. The minimum atomic E-state index is 0. The van der Waals surface area contributed by atoms with Gasteiger partial charge >= 0.3 is 51.4 Å². The number of likely N-dealkylation sites (N-methyl/N-ethyl adjacent to an activating group) is 3. The maximum atomic E-state index is 4.16. The van der Waals surface area contributed by atoms with Gasteiger partial charge in [-0.3, -0.25) is 0 Å². The van der Waals surface area contributed by atoms with Crippen LogP contribution in [-0.4, -0.2) is 89.2 Å². The maximum absolute atomic E-state index is 4.16. The number of nitrogens with zero attached hydrogens (tertiary/aromatic N) is 4. The van der Waals surface area contributed by atoms with Crippen molar-refractivity contribution in [2.75, 3.05) is 74.5 Å². The molecular formula is C11H27KN4. The van der Waals surface area contributed by atoms with Crippen LogP contribution in [0.5, 0.6) is 0 Å². The molecule has 0 aromatic carbocycles. The van der Waals surface area contributed by atoms with Crippen LogP contribution in [0.3, 0.4) is 0 Å². The summed E-state index contributed by atoms with van der Waals surface area (Å²) in [6, 6.07) is 0. The van der Waals surface area contributed by atoms with Crippen molar-refractivity contribution in [3.05, 3.63) is 5.32 Å².